The Hall–Kier alpha value is -1.95. The Bertz CT molecular complexity index is 494. The van der Waals surface area contributed by atoms with Gasteiger partial charge in [-0.05, 0) is 26.0 Å². The zero-order chi connectivity index (χ0) is 15.7. The van der Waals surface area contributed by atoms with Crippen molar-refractivity contribution >= 4 is 29.1 Å². The van der Waals surface area contributed by atoms with Gasteiger partial charge in [0.2, 0.25) is 0 Å². The molecule has 0 radical (unpaired) electrons. The molecule has 1 rings (SSSR count). The van der Waals surface area contributed by atoms with Crippen LogP contribution in [0.1, 0.15) is 13.8 Å². The average molecular weight is 315 g/mol. The lowest BCUT2D eigenvalue weighted by molar-refractivity contribution is -0.136. The van der Waals surface area contributed by atoms with Gasteiger partial charge in [0.25, 0.3) is 0 Å². The summed E-state index contributed by atoms with van der Waals surface area (Å²) in [5, 5.41) is 4.87. The molecule has 0 aliphatic rings. The minimum Gasteiger partial charge on any atom is -0.490 e. The van der Waals surface area contributed by atoms with Crippen molar-refractivity contribution in [1.29, 1.82) is 0 Å². The lowest BCUT2D eigenvalue weighted by Gasteiger charge is -2.12. The molecule has 0 aliphatic carbocycles. The zero-order valence-corrected chi connectivity index (χ0v) is 12.8. The monoisotopic (exact) mass is 314 g/mol. The van der Waals surface area contributed by atoms with Crippen molar-refractivity contribution in [2.24, 2.45) is 0 Å². The number of amides is 2. The van der Waals surface area contributed by atoms with Crippen molar-refractivity contribution < 1.29 is 19.1 Å². The Morgan fingerprint density at radius 1 is 1.10 bits per heavy atom. The lowest BCUT2D eigenvalue weighted by Crippen LogP contribution is -2.36. The van der Waals surface area contributed by atoms with E-state index in [-0.39, 0.29) is 12.4 Å². The number of carbonyl (C=O) groups excluding carboxylic acids is 2. The molecule has 0 saturated carbocycles. The number of ether oxygens (including phenoxy) is 2. The molecular formula is C14H19ClN2O4. The number of anilines is 1. The van der Waals surface area contributed by atoms with Crippen LogP contribution in [0.15, 0.2) is 18.2 Å². The molecule has 1 aromatic rings. The predicted molar refractivity (Wildman–Crippen MR) is 81.1 cm³/mol. The molecule has 0 bridgehead atoms. The van der Waals surface area contributed by atoms with E-state index in [1.807, 2.05) is 13.8 Å². The number of alkyl halides is 1. The largest absolute Gasteiger partial charge is 0.490 e. The van der Waals surface area contributed by atoms with Crippen LogP contribution in [-0.2, 0) is 9.59 Å². The second-order valence-electron chi connectivity index (χ2n) is 3.93. The van der Waals surface area contributed by atoms with E-state index in [9.17, 15) is 9.59 Å². The summed E-state index contributed by atoms with van der Waals surface area (Å²) in [6, 6.07) is 4.93. The Morgan fingerprint density at radius 3 is 2.38 bits per heavy atom. The molecule has 0 fully saturated rings. The van der Waals surface area contributed by atoms with Crippen LogP contribution in [0.5, 0.6) is 11.5 Å². The third-order valence-electron chi connectivity index (χ3n) is 2.39. The summed E-state index contributed by atoms with van der Waals surface area (Å²) in [5.74, 6) is -0.146. The summed E-state index contributed by atoms with van der Waals surface area (Å²) in [4.78, 5) is 23.1. The molecule has 0 heterocycles. The highest BCUT2D eigenvalue weighted by Crippen LogP contribution is 2.30. The first kappa shape index (κ1) is 17.1. The summed E-state index contributed by atoms with van der Waals surface area (Å²) >= 11 is 5.44. The molecule has 116 valence electrons. The topological polar surface area (TPSA) is 76.7 Å². The number of hydrogen-bond donors (Lipinski definition) is 2. The fourth-order valence-electron chi connectivity index (χ4n) is 1.56. The number of carbonyl (C=O) groups is 2. The van der Waals surface area contributed by atoms with Gasteiger partial charge in [0, 0.05) is 24.2 Å². The normalized spacial score (nSPS) is 9.86. The van der Waals surface area contributed by atoms with Crippen molar-refractivity contribution in [2.45, 2.75) is 13.8 Å². The number of rotatable bonds is 7. The van der Waals surface area contributed by atoms with E-state index in [4.69, 9.17) is 21.1 Å². The summed E-state index contributed by atoms with van der Waals surface area (Å²) in [7, 11) is 0. The highest BCUT2D eigenvalue weighted by atomic mass is 35.5. The fraction of sp³-hybridized carbons (Fsp3) is 0.429. The molecule has 2 N–H and O–H groups in total. The van der Waals surface area contributed by atoms with Gasteiger partial charge >= 0.3 is 11.8 Å². The fourth-order valence-corrected chi connectivity index (χ4v) is 1.65. The summed E-state index contributed by atoms with van der Waals surface area (Å²) < 4.78 is 10.9. The zero-order valence-electron chi connectivity index (χ0n) is 12.1. The Balaban J connectivity index is 2.77. The average Bonchev–Trinajstić information content (AvgIpc) is 2.47. The molecule has 1 aromatic carbocycles. The van der Waals surface area contributed by atoms with Crippen LogP contribution in [0.3, 0.4) is 0 Å². The Labute approximate surface area is 128 Å². The van der Waals surface area contributed by atoms with Crippen LogP contribution < -0.4 is 20.1 Å². The maximum atomic E-state index is 11.7. The molecule has 0 aliphatic heterocycles. The maximum Gasteiger partial charge on any atom is 0.313 e. The van der Waals surface area contributed by atoms with Gasteiger partial charge in [0.15, 0.2) is 11.5 Å². The standard InChI is InChI=1S/C14H19ClN2O4/c1-3-20-11-6-5-10(9-12(11)21-4-2)17-14(19)13(18)16-8-7-15/h5-6,9H,3-4,7-8H2,1-2H3,(H,16,18)(H,17,19). The number of hydrogen-bond acceptors (Lipinski definition) is 4. The Kier molecular flexibility index (Phi) is 7.39. The second kappa shape index (κ2) is 9.07. The van der Waals surface area contributed by atoms with Crippen molar-refractivity contribution in [2.75, 3.05) is 31.0 Å². The molecular weight excluding hydrogens is 296 g/mol. The van der Waals surface area contributed by atoms with E-state index >= 15 is 0 Å². The third-order valence-corrected chi connectivity index (χ3v) is 2.58. The van der Waals surface area contributed by atoms with Gasteiger partial charge in [-0.1, -0.05) is 0 Å². The van der Waals surface area contributed by atoms with Crippen molar-refractivity contribution in [3.8, 4) is 11.5 Å². The van der Waals surface area contributed by atoms with Crippen LogP contribution in [0.25, 0.3) is 0 Å². The van der Waals surface area contributed by atoms with Crippen molar-refractivity contribution in [3.63, 3.8) is 0 Å². The number of nitrogens with one attached hydrogen (secondary N) is 2. The molecule has 0 aromatic heterocycles. The van der Waals surface area contributed by atoms with Crippen LogP contribution in [-0.4, -0.2) is 37.5 Å². The molecule has 2 amide bonds. The van der Waals surface area contributed by atoms with E-state index < -0.39 is 11.8 Å². The van der Waals surface area contributed by atoms with Crippen molar-refractivity contribution in [1.82, 2.24) is 5.32 Å². The lowest BCUT2D eigenvalue weighted by atomic mass is 10.2. The number of benzene rings is 1. The maximum absolute atomic E-state index is 11.7. The molecule has 0 unspecified atom stereocenters. The Morgan fingerprint density at radius 2 is 1.76 bits per heavy atom. The van der Waals surface area contributed by atoms with E-state index in [0.29, 0.717) is 30.4 Å². The summed E-state index contributed by atoms with van der Waals surface area (Å²) in [5.41, 5.74) is 0.452. The van der Waals surface area contributed by atoms with Gasteiger partial charge < -0.3 is 20.1 Å². The van der Waals surface area contributed by atoms with Gasteiger partial charge in [-0.3, -0.25) is 9.59 Å². The molecule has 0 saturated heterocycles. The summed E-state index contributed by atoms with van der Waals surface area (Å²) in [6.07, 6.45) is 0. The molecule has 0 atom stereocenters. The third kappa shape index (κ3) is 5.51. The van der Waals surface area contributed by atoms with Crippen LogP contribution in [0.2, 0.25) is 0 Å². The summed E-state index contributed by atoms with van der Waals surface area (Å²) in [6.45, 7) is 4.93. The van der Waals surface area contributed by atoms with Crippen molar-refractivity contribution in [3.05, 3.63) is 18.2 Å². The van der Waals surface area contributed by atoms with Gasteiger partial charge in [-0.15, -0.1) is 11.6 Å². The first-order valence-corrected chi connectivity index (χ1v) is 7.20. The van der Waals surface area contributed by atoms with Gasteiger partial charge in [-0.25, -0.2) is 0 Å². The quantitative estimate of drug-likeness (QED) is 0.594. The van der Waals surface area contributed by atoms with E-state index in [1.165, 1.54) is 0 Å². The molecule has 7 heteroatoms. The van der Waals surface area contributed by atoms with Gasteiger partial charge in [-0.2, -0.15) is 0 Å². The van der Waals surface area contributed by atoms with E-state index in [2.05, 4.69) is 10.6 Å². The first-order valence-electron chi connectivity index (χ1n) is 6.67. The second-order valence-corrected chi connectivity index (χ2v) is 4.30. The molecule has 6 nitrogen and oxygen atoms in total. The highest BCUT2D eigenvalue weighted by Gasteiger charge is 2.14. The highest BCUT2D eigenvalue weighted by molar-refractivity contribution is 6.39. The van der Waals surface area contributed by atoms with Gasteiger partial charge in [0.05, 0.1) is 13.2 Å². The van der Waals surface area contributed by atoms with Crippen LogP contribution >= 0.6 is 11.6 Å². The predicted octanol–water partition coefficient (Wildman–Crippen LogP) is 1.78. The first-order chi connectivity index (χ1) is 10.1. The molecule has 0 spiro atoms. The van der Waals surface area contributed by atoms with Crippen LogP contribution in [0, 0.1) is 0 Å². The van der Waals surface area contributed by atoms with Gasteiger partial charge in [0.1, 0.15) is 0 Å². The minimum absolute atomic E-state index is 0.237. The van der Waals surface area contributed by atoms with Crippen LogP contribution in [0.4, 0.5) is 5.69 Å². The molecule has 21 heavy (non-hydrogen) atoms. The number of halogens is 1. The smallest absolute Gasteiger partial charge is 0.313 e. The minimum atomic E-state index is -0.758. The van der Waals surface area contributed by atoms with E-state index in [1.54, 1.807) is 18.2 Å². The SMILES string of the molecule is CCOc1ccc(NC(=O)C(=O)NCCCl)cc1OCC. The van der Waals surface area contributed by atoms with E-state index in [0.717, 1.165) is 0 Å².